The summed E-state index contributed by atoms with van der Waals surface area (Å²) in [6, 6.07) is 17.9. The molecule has 6 rings (SSSR count). The lowest BCUT2D eigenvalue weighted by Gasteiger charge is -2.38. The molecule has 1 amide bonds. The molecule has 1 N–H and O–H groups in total. The Labute approximate surface area is 208 Å². The molecule has 0 aliphatic carbocycles. The Morgan fingerprint density at radius 2 is 1.74 bits per heavy atom. The van der Waals surface area contributed by atoms with Crippen LogP contribution < -0.4 is 5.32 Å². The normalized spacial score (nSPS) is 26.3. The number of ketones is 2. The third-order valence-corrected chi connectivity index (χ3v) is 8.51. The minimum Gasteiger partial charge on any atom is -0.358 e. The highest BCUT2D eigenvalue weighted by Crippen LogP contribution is 2.62. The molecule has 5 nitrogen and oxygen atoms in total. The Kier molecular flexibility index (Phi) is 4.71. The van der Waals surface area contributed by atoms with Crippen molar-refractivity contribution in [2.24, 2.45) is 11.3 Å². The fourth-order valence-electron chi connectivity index (χ4n) is 6.18. The number of hydrogen-bond donors (Lipinski definition) is 1. The minimum absolute atomic E-state index is 0.0458. The molecule has 0 bridgehead atoms. The molecule has 176 valence electrons. The van der Waals surface area contributed by atoms with Crippen LogP contribution in [0.1, 0.15) is 53.2 Å². The zero-order valence-electron chi connectivity index (χ0n) is 19.8. The van der Waals surface area contributed by atoms with Gasteiger partial charge in [-0.15, -0.1) is 11.3 Å². The molecule has 3 aliphatic heterocycles. The second-order valence-electron chi connectivity index (χ2n) is 10.5. The summed E-state index contributed by atoms with van der Waals surface area (Å²) in [5.41, 5.74) is 1.49. The largest absolute Gasteiger partial charge is 0.358 e. The number of carbonyl (C=O) groups is 3. The number of rotatable bonds is 3. The van der Waals surface area contributed by atoms with Crippen molar-refractivity contribution >= 4 is 40.6 Å². The molecule has 0 radical (unpaired) electrons. The maximum Gasteiger partial charge on any atom is 0.238 e. The molecule has 1 saturated heterocycles. The molecule has 1 spiro atoms. The van der Waals surface area contributed by atoms with Crippen LogP contribution in [-0.4, -0.2) is 28.4 Å². The van der Waals surface area contributed by atoms with Gasteiger partial charge in [0.25, 0.3) is 0 Å². The molecular weight excluding hydrogens is 456 g/mol. The molecular formula is C29H26N2O3S. The number of fused-ring (bicyclic) bond motifs is 6. The quantitative estimate of drug-likeness (QED) is 0.503. The van der Waals surface area contributed by atoms with Crippen molar-refractivity contribution in [1.29, 1.82) is 0 Å². The molecule has 3 aromatic rings. The number of para-hydroxylation sites is 1. The van der Waals surface area contributed by atoms with E-state index in [-0.39, 0.29) is 17.5 Å². The van der Waals surface area contributed by atoms with Crippen molar-refractivity contribution in [3.05, 3.63) is 93.8 Å². The summed E-state index contributed by atoms with van der Waals surface area (Å²) >= 11 is 1.35. The van der Waals surface area contributed by atoms with Crippen LogP contribution >= 0.6 is 11.3 Å². The van der Waals surface area contributed by atoms with Crippen LogP contribution in [0.3, 0.4) is 0 Å². The van der Waals surface area contributed by atoms with Gasteiger partial charge >= 0.3 is 0 Å². The van der Waals surface area contributed by atoms with Gasteiger partial charge in [0.2, 0.25) is 5.91 Å². The Balaban J connectivity index is 1.70. The molecule has 0 unspecified atom stereocenters. The molecule has 2 aromatic carbocycles. The van der Waals surface area contributed by atoms with Crippen LogP contribution in [-0.2, 0) is 15.0 Å². The van der Waals surface area contributed by atoms with Gasteiger partial charge < -0.3 is 10.2 Å². The SMILES string of the molecule is CC(C)(C)C(=O)[C@H]1[C@H](C(=O)c2cccs2)[C@]2(C(=O)Nc3ccccc32)[C@H]2c3ccccc3C=CN12. The summed E-state index contributed by atoms with van der Waals surface area (Å²) in [6.45, 7) is 5.64. The lowest BCUT2D eigenvalue weighted by molar-refractivity contribution is -0.131. The van der Waals surface area contributed by atoms with Crippen molar-refractivity contribution in [1.82, 2.24) is 4.90 Å². The van der Waals surface area contributed by atoms with E-state index in [1.165, 1.54) is 11.3 Å². The zero-order chi connectivity index (χ0) is 24.5. The van der Waals surface area contributed by atoms with Gasteiger partial charge in [-0.1, -0.05) is 69.3 Å². The lowest BCUT2D eigenvalue weighted by Crippen LogP contribution is -2.50. The van der Waals surface area contributed by atoms with Crippen LogP contribution in [0.4, 0.5) is 5.69 Å². The molecule has 0 saturated carbocycles. The van der Waals surface area contributed by atoms with E-state index in [1.54, 1.807) is 6.07 Å². The van der Waals surface area contributed by atoms with E-state index in [0.717, 1.165) is 16.7 Å². The topological polar surface area (TPSA) is 66.5 Å². The second-order valence-corrected chi connectivity index (χ2v) is 11.5. The van der Waals surface area contributed by atoms with Gasteiger partial charge in [0.15, 0.2) is 11.6 Å². The van der Waals surface area contributed by atoms with Crippen molar-refractivity contribution in [2.45, 2.75) is 38.3 Å². The maximum atomic E-state index is 14.3. The number of anilines is 1. The van der Waals surface area contributed by atoms with E-state index in [1.807, 2.05) is 97.9 Å². The Morgan fingerprint density at radius 3 is 2.49 bits per heavy atom. The first-order valence-corrected chi connectivity index (χ1v) is 12.7. The molecule has 1 aromatic heterocycles. The summed E-state index contributed by atoms with van der Waals surface area (Å²) in [4.78, 5) is 45.2. The summed E-state index contributed by atoms with van der Waals surface area (Å²) in [7, 11) is 0. The highest BCUT2D eigenvalue weighted by Gasteiger charge is 2.71. The van der Waals surface area contributed by atoms with Crippen LogP contribution in [0.15, 0.2) is 72.2 Å². The molecule has 4 atom stereocenters. The number of hydrogen-bond acceptors (Lipinski definition) is 5. The van der Waals surface area contributed by atoms with E-state index < -0.39 is 28.8 Å². The van der Waals surface area contributed by atoms with Crippen molar-refractivity contribution in [3.63, 3.8) is 0 Å². The Morgan fingerprint density at radius 1 is 1.00 bits per heavy atom. The van der Waals surface area contributed by atoms with Crippen molar-refractivity contribution in [2.75, 3.05) is 5.32 Å². The molecule has 3 aliphatic rings. The minimum atomic E-state index is -1.25. The van der Waals surface area contributed by atoms with Crippen LogP contribution in [0.2, 0.25) is 0 Å². The van der Waals surface area contributed by atoms with Gasteiger partial charge in [0, 0.05) is 17.3 Å². The first kappa shape index (κ1) is 22.0. The van der Waals surface area contributed by atoms with E-state index in [2.05, 4.69) is 5.32 Å². The summed E-state index contributed by atoms with van der Waals surface area (Å²) in [5, 5.41) is 4.93. The maximum absolute atomic E-state index is 14.3. The van der Waals surface area contributed by atoms with Gasteiger partial charge in [0.1, 0.15) is 5.41 Å². The fourth-order valence-corrected chi connectivity index (χ4v) is 6.89. The second kappa shape index (κ2) is 7.49. The molecule has 4 heterocycles. The third-order valence-electron chi connectivity index (χ3n) is 7.62. The zero-order valence-corrected chi connectivity index (χ0v) is 20.6. The first-order chi connectivity index (χ1) is 16.8. The average Bonchev–Trinajstić information content (AvgIpc) is 3.55. The highest BCUT2D eigenvalue weighted by molar-refractivity contribution is 7.12. The predicted octanol–water partition coefficient (Wildman–Crippen LogP) is 5.46. The van der Waals surface area contributed by atoms with E-state index in [0.29, 0.717) is 10.6 Å². The smallest absolute Gasteiger partial charge is 0.238 e. The number of nitrogens with zero attached hydrogens (tertiary/aromatic N) is 1. The van der Waals surface area contributed by atoms with Crippen molar-refractivity contribution in [3.8, 4) is 0 Å². The third kappa shape index (κ3) is 2.89. The fraction of sp³-hybridized carbons (Fsp3) is 0.276. The average molecular weight is 483 g/mol. The first-order valence-electron chi connectivity index (χ1n) is 11.8. The van der Waals surface area contributed by atoms with Crippen LogP contribution in [0, 0.1) is 11.3 Å². The van der Waals surface area contributed by atoms with E-state index in [4.69, 9.17) is 0 Å². The van der Waals surface area contributed by atoms with Gasteiger partial charge in [0.05, 0.1) is 22.9 Å². The van der Waals surface area contributed by atoms with Crippen LogP contribution in [0.25, 0.3) is 6.08 Å². The molecule has 1 fully saturated rings. The van der Waals surface area contributed by atoms with Gasteiger partial charge in [-0.2, -0.15) is 0 Å². The number of nitrogens with one attached hydrogen (secondary N) is 1. The number of Topliss-reactive ketones (excluding diaryl/α,β-unsaturated/α-hetero) is 2. The van der Waals surface area contributed by atoms with Crippen molar-refractivity contribution < 1.29 is 14.4 Å². The van der Waals surface area contributed by atoms with E-state index >= 15 is 0 Å². The summed E-state index contributed by atoms with van der Waals surface area (Å²) < 4.78 is 0. The number of amides is 1. The Bertz CT molecular complexity index is 1400. The summed E-state index contributed by atoms with van der Waals surface area (Å²) in [5.74, 6) is -1.31. The lowest BCUT2D eigenvalue weighted by atomic mass is 9.62. The molecule has 35 heavy (non-hydrogen) atoms. The van der Waals surface area contributed by atoms with Gasteiger partial charge in [-0.25, -0.2) is 0 Å². The Hall–Kier alpha value is -3.51. The van der Waals surface area contributed by atoms with Gasteiger partial charge in [-0.05, 0) is 40.3 Å². The standard InChI is InChI=1S/C29H26N2O3S/c1-28(2,3)26(33)23-22(24(32)21-13-8-16-35-21)29(19-11-6-7-12-20(19)30-27(29)34)25-18-10-5-4-9-17(18)14-15-31(23)25/h4-16,22-23,25H,1-3H3,(H,30,34)/t22-,23-,25-,29+/m1/s1. The summed E-state index contributed by atoms with van der Waals surface area (Å²) in [6.07, 6.45) is 3.90. The number of thiophene rings is 1. The monoisotopic (exact) mass is 482 g/mol. The number of benzene rings is 2. The highest BCUT2D eigenvalue weighted by atomic mass is 32.1. The van der Waals surface area contributed by atoms with Crippen LogP contribution in [0.5, 0.6) is 0 Å². The van der Waals surface area contributed by atoms with E-state index in [9.17, 15) is 14.4 Å². The predicted molar refractivity (Wildman–Crippen MR) is 137 cm³/mol. The number of carbonyl (C=O) groups excluding carboxylic acids is 3. The van der Waals surface area contributed by atoms with Gasteiger partial charge in [-0.3, -0.25) is 14.4 Å². The molecule has 6 heteroatoms.